The number of thiazole rings is 1. The molecule has 0 unspecified atom stereocenters. The summed E-state index contributed by atoms with van der Waals surface area (Å²) in [7, 11) is 0. The molecule has 1 saturated heterocycles. The van der Waals surface area contributed by atoms with E-state index in [4.69, 9.17) is 14.8 Å². The molecule has 2 aliphatic rings. The first kappa shape index (κ1) is 17.2. The average Bonchev–Trinajstić information content (AvgIpc) is 3.36. The van der Waals surface area contributed by atoms with Crippen molar-refractivity contribution in [2.45, 2.75) is 44.6 Å². The molecule has 0 amide bonds. The van der Waals surface area contributed by atoms with Crippen LogP contribution in [0.1, 0.15) is 38.5 Å². The molecule has 0 spiro atoms. The van der Waals surface area contributed by atoms with E-state index in [2.05, 4.69) is 39.5 Å². The van der Waals surface area contributed by atoms with Crippen LogP contribution in [0.2, 0.25) is 0 Å². The summed E-state index contributed by atoms with van der Waals surface area (Å²) in [6.07, 6.45) is 7.23. The van der Waals surface area contributed by atoms with Crippen molar-refractivity contribution in [2.75, 3.05) is 13.2 Å². The first-order chi connectivity index (χ1) is 12.3. The fourth-order valence-electron chi connectivity index (χ4n) is 3.34. The smallest absolute Gasteiger partial charge is 0.206 e. The van der Waals surface area contributed by atoms with E-state index in [9.17, 15) is 0 Å². The van der Waals surface area contributed by atoms with Crippen LogP contribution in [0.4, 0.5) is 0 Å². The molecule has 4 rings (SSSR count). The molecule has 1 aliphatic heterocycles. The topological polar surface area (TPSA) is 38.9 Å². The van der Waals surface area contributed by atoms with Gasteiger partial charge in [0.25, 0.3) is 0 Å². The molecular formula is C19H22BrN3OS. The Morgan fingerprint density at radius 2 is 2.12 bits per heavy atom. The summed E-state index contributed by atoms with van der Waals surface area (Å²) in [6, 6.07) is 8.37. The number of hydrogen-bond acceptors (Lipinski definition) is 4. The minimum absolute atomic E-state index is 0.268. The molecular weight excluding hydrogens is 398 g/mol. The van der Waals surface area contributed by atoms with Crippen LogP contribution in [0.15, 0.2) is 44.2 Å². The third-order valence-electron chi connectivity index (χ3n) is 4.68. The quantitative estimate of drug-likeness (QED) is 0.698. The van der Waals surface area contributed by atoms with E-state index < -0.39 is 0 Å². The van der Waals surface area contributed by atoms with Crippen molar-refractivity contribution in [1.82, 2.24) is 4.68 Å². The maximum absolute atomic E-state index is 5.71. The van der Waals surface area contributed by atoms with E-state index in [0.717, 1.165) is 59.4 Å². The van der Waals surface area contributed by atoms with Crippen molar-refractivity contribution in [1.29, 1.82) is 0 Å². The molecule has 2 heterocycles. The molecule has 0 radical (unpaired) electrons. The van der Waals surface area contributed by atoms with Gasteiger partial charge in [0.1, 0.15) is 0 Å². The second-order valence-corrected chi connectivity index (χ2v) is 8.33. The lowest BCUT2D eigenvalue weighted by Crippen LogP contribution is -2.18. The Morgan fingerprint density at radius 1 is 1.24 bits per heavy atom. The standard InChI is InChI=1S/C19H22BrN3OS/c20-15-6-3-5-14(11-15)18-13-25-19(21-12-17-9-4-10-24-17)23(18)22-16-7-1-2-8-16/h3,5-6,11,13,17H,1-2,4,7-10,12H2/t17-/m0/s1. The molecule has 25 heavy (non-hydrogen) atoms. The molecule has 1 aromatic heterocycles. The summed E-state index contributed by atoms with van der Waals surface area (Å²) in [6.45, 7) is 1.60. The molecule has 6 heteroatoms. The Balaban J connectivity index is 1.73. The van der Waals surface area contributed by atoms with Crippen molar-refractivity contribution in [3.8, 4) is 11.3 Å². The van der Waals surface area contributed by atoms with Crippen molar-refractivity contribution in [3.63, 3.8) is 0 Å². The molecule has 4 nitrogen and oxygen atoms in total. The largest absolute Gasteiger partial charge is 0.376 e. The van der Waals surface area contributed by atoms with Crippen molar-refractivity contribution in [2.24, 2.45) is 10.1 Å². The van der Waals surface area contributed by atoms with Crippen LogP contribution in [0, 0.1) is 0 Å². The molecule has 0 bridgehead atoms. The van der Waals surface area contributed by atoms with Gasteiger partial charge in [-0.05, 0) is 50.7 Å². The first-order valence-corrected chi connectivity index (χ1v) is 10.6. The minimum atomic E-state index is 0.268. The first-order valence-electron chi connectivity index (χ1n) is 8.95. The average molecular weight is 420 g/mol. The highest BCUT2D eigenvalue weighted by atomic mass is 79.9. The predicted octanol–water partition coefficient (Wildman–Crippen LogP) is 4.84. The molecule has 1 atom stereocenters. The Hall–Kier alpha value is -1.24. The number of benzene rings is 1. The summed E-state index contributed by atoms with van der Waals surface area (Å²) < 4.78 is 8.84. The van der Waals surface area contributed by atoms with Gasteiger partial charge in [-0.3, -0.25) is 4.99 Å². The zero-order valence-corrected chi connectivity index (χ0v) is 16.6. The maximum atomic E-state index is 5.71. The van der Waals surface area contributed by atoms with Gasteiger partial charge in [-0.1, -0.05) is 28.1 Å². The summed E-state index contributed by atoms with van der Waals surface area (Å²) in [5, 5.41) is 7.12. The highest BCUT2D eigenvalue weighted by Gasteiger charge is 2.16. The predicted molar refractivity (Wildman–Crippen MR) is 106 cm³/mol. The van der Waals surface area contributed by atoms with E-state index in [-0.39, 0.29) is 6.10 Å². The Kier molecular flexibility index (Phi) is 5.48. The Morgan fingerprint density at radius 3 is 2.88 bits per heavy atom. The third-order valence-corrected chi connectivity index (χ3v) is 6.03. The van der Waals surface area contributed by atoms with Gasteiger partial charge in [0, 0.05) is 27.7 Å². The van der Waals surface area contributed by atoms with E-state index in [1.165, 1.54) is 18.6 Å². The van der Waals surface area contributed by atoms with Crippen LogP contribution in [0.5, 0.6) is 0 Å². The number of aromatic nitrogens is 1. The monoisotopic (exact) mass is 419 g/mol. The molecule has 132 valence electrons. The van der Waals surface area contributed by atoms with Gasteiger partial charge < -0.3 is 4.74 Å². The van der Waals surface area contributed by atoms with Crippen molar-refractivity contribution in [3.05, 3.63) is 38.9 Å². The van der Waals surface area contributed by atoms with Crippen LogP contribution in [-0.2, 0) is 4.74 Å². The SMILES string of the molecule is Brc1cccc(-c2csc(=NC[C@@H]3CCCO3)n2N=C2CCCC2)c1. The van der Waals surface area contributed by atoms with Gasteiger partial charge in [0.05, 0.1) is 18.3 Å². The van der Waals surface area contributed by atoms with E-state index in [1.807, 2.05) is 10.7 Å². The molecule has 2 aromatic rings. The number of ether oxygens (including phenoxy) is 1. The van der Waals surface area contributed by atoms with E-state index >= 15 is 0 Å². The number of nitrogens with zero attached hydrogens (tertiary/aromatic N) is 3. The number of rotatable bonds is 4. The summed E-state index contributed by atoms with van der Waals surface area (Å²) in [5.41, 5.74) is 3.55. The summed E-state index contributed by atoms with van der Waals surface area (Å²) in [4.78, 5) is 5.80. The zero-order chi connectivity index (χ0) is 17.1. The van der Waals surface area contributed by atoms with Gasteiger partial charge in [-0.15, -0.1) is 11.3 Å². The fourth-order valence-corrected chi connectivity index (χ4v) is 4.58. The van der Waals surface area contributed by atoms with Gasteiger partial charge in [-0.2, -0.15) is 5.10 Å². The number of halogens is 1. The fraction of sp³-hybridized carbons (Fsp3) is 0.474. The Labute approximate surface area is 160 Å². The van der Waals surface area contributed by atoms with E-state index in [1.54, 1.807) is 11.3 Å². The summed E-state index contributed by atoms with van der Waals surface area (Å²) >= 11 is 5.23. The molecule has 1 aromatic carbocycles. The van der Waals surface area contributed by atoms with Gasteiger partial charge in [-0.25, -0.2) is 4.68 Å². The minimum Gasteiger partial charge on any atom is -0.376 e. The van der Waals surface area contributed by atoms with Crippen molar-refractivity contribution >= 4 is 33.0 Å². The van der Waals surface area contributed by atoms with Crippen LogP contribution >= 0.6 is 27.3 Å². The lowest BCUT2D eigenvalue weighted by molar-refractivity contribution is 0.117. The number of hydrogen-bond donors (Lipinski definition) is 0. The van der Waals surface area contributed by atoms with Gasteiger partial charge >= 0.3 is 0 Å². The molecule has 1 saturated carbocycles. The van der Waals surface area contributed by atoms with E-state index in [0.29, 0.717) is 0 Å². The lowest BCUT2D eigenvalue weighted by Gasteiger charge is -2.07. The second-order valence-electron chi connectivity index (χ2n) is 6.57. The third kappa shape index (κ3) is 4.13. The van der Waals surface area contributed by atoms with Crippen molar-refractivity contribution < 1.29 is 4.74 Å². The molecule has 0 N–H and O–H groups in total. The summed E-state index contributed by atoms with van der Waals surface area (Å²) in [5.74, 6) is 0. The highest BCUT2D eigenvalue weighted by molar-refractivity contribution is 9.10. The van der Waals surface area contributed by atoms with Crippen LogP contribution in [0.3, 0.4) is 0 Å². The van der Waals surface area contributed by atoms with Crippen LogP contribution < -0.4 is 4.80 Å². The highest BCUT2D eigenvalue weighted by Crippen LogP contribution is 2.25. The normalized spacial score (nSPS) is 21.2. The Bertz CT molecular complexity index is 825. The van der Waals surface area contributed by atoms with Gasteiger partial charge in [0.2, 0.25) is 4.80 Å². The maximum Gasteiger partial charge on any atom is 0.206 e. The van der Waals surface area contributed by atoms with Gasteiger partial charge in [0.15, 0.2) is 0 Å². The van der Waals surface area contributed by atoms with Crippen LogP contribution in [-0.4, -0.2) is 29.6 Å². The second kappa shape index (κ2) is 7.98. The lowest BCUT2D eigenvalue weighted by atomic mass is 10.2. The molecule has 2 fully saturated rings. The van der Waals surface area contributed by atoms with Crippen LogP contribution in [0.25, 0.3) is 11.3 Å². The zero-order valence-electron chi connectivity index (χ0n) is 14.2. The molecule has 1 aliphatic carbocycles.